The molecule has 0 heterocycles. The summed E-state index contributed by atoms with van der Waals surface area (Å²) < 4.78 is 5.51. The van der Waals surface area contributed by atoms with Crippen LogP contribution in [0.2, 0.25) is 5.02 Å². The fraction of sp³-hybridized carbons (Fsp3) is 0.133. The largest absolute Gasteiger partial charge is 0.449 e. The number of aryl methyl sites for hydroxylation is 1. The predicted octanol–water partition coefficient (Wildman–Crippen LogP) is 4.55. The van der Waals surface area contributed by atoms with Crippen molar-refractivity contribution in [1.29, 1.82) is 0 Å². The van der Waals surface area contributed by atoms with Gasteiger partial charge in [-0.2, -0.15) is 0 Å². The van der Waals surface area contributed by atoms with Crippen LogP contribution in [0.5, 0.6) is 11.5 Å². The van der Waals surface area contributed by atoms with Gasteiger partial charge in [-0.1, -0.05) is 17.7 Å². The zero-order valence-corrected chi connectivity index (χ0v) is 12.2. The fourth-order valence-electron chi connectivity index (χ4n) is 1.78. The molecule has 0 amide bonds. The third-order valence-electron chi connectivity index (χ3n) is 2.87. The second-order valence-corrected chi connectivity index (χ2v) is 4.94. The Morgan fingerprint density at radius 2 is 1.86 bits per heavy atom. The van der Waals surface area contributed by atoms with Crippen molar-refractivity contribution in [2.75, 3.05) is 0 Å². The third kappa shape index (κ3) is 3.38. The summed E-state index contributed by atoms with van der Waals surface area (Å²) in [6.45, 7) is 3.18. The molecule has 0 unspecified atom stereocenters. The van der Waals surface area contributed by atoms with Crippen LogP contribution in [-0.2, 0) is 0 Å². The number of hydrogen-bond donors (Lipinski definition) is 0. The molecule has 0 aliphatic heterocycles. The number of nitrogens with zero attached hydrogens (tertiary/aromatic N) is 1. The molecule has 0 spiro atoms. The number of benzene rings is 2. The normalized spacial score (nSPS) is 10.2. The SMILES string of the molecule is CC(=O)c1ccc(Oc2ccc(C)cc2[N+](=O)[O-])c(Cl)c1. The van der Waals surface area contributed by atoms with Crippen LogP contribution in [0, 0.1) is 17.0 Å². The quantitative estimate of drug-likeness (QED) is 0.472. The van der Waals surface area contributed by atoms with Gasteiger partial charge in [-0.25, -0.2) is 0 Å². The molecular formula is C15H12ClNO4. The first kappa shape index (κ1) is 15.0. The minimum Gasteiger partial charge on any atom is -0.449 e. The van der Waals surface area contributed by atoms with Crippen LogP contribution in [0.25, 0.3) is 0 Å². The highest BCUT2D eigenvalue weighted by atomic mass is 35.5. The summed E-state index contributed by atoms with van der Waals surface area (Å²) in [5.74, 6) is 0.237. The molecule has 0 saturated carbocycles. The Kier molecular flexibility index (Phi) is 4.23. The van der Waals surface area contributed by atoms with E-state index in [2.05, 4.69) is 0 Å². The highest BCUT2D eigenvalue weighted by Gasteiger charge is 2.17. The lowest BCUT2D eigenvalue weighted by molar-refractivity contribution is -0.385. The standard InChI is InChI=1S/C15H12ClNO4/c1-9-3-5-15(13(7-9)17(19)20)21-14-6-4-11(10(2)18)8-12(14)16/h3-8H,1-2H3. The van der Waals surface area contributed by atoms with E-state index in [1.54, 1.807) is 19.1 Å². The van der Waals surface area contributed by atoms with Crippen LogP contribution >= 0.6 is 11.6 Å². The van der Waals surface area contributed by atoms with Gasteiger partial charge in [0.15, 0.2) is 5.78 Å². The van der Waals surface area contributed by atoms with Crippen molar-refractivity contribution in [2.24, 2.45) is 0 Å². The molecule has 0 saturated heterocycles. The monoisotopic (exact) mass is 305 g/mol. The van der Waals surface area contributed by atoms with Crippen LogP contribution in [0.15, 0.2) is 36.4 Å². The van der Waals surface area contributed by atoms with Gasteiger partial charge in [0.05, 0.1) is 9.95 Å². The van der Waals surface area contributed by atoms with Crippen molar-refractivity contribution in [3.05, 3.63) is 62.7 Å². The molecule has 0 N–H and O–H groups in total. The molecule has 6 heteroatoms. The van der Waals surface area contributed by atoms with E-state index in [9.17, 15) is 14.9 Å². The highest BCUT2D eigenvalue weighted by molar-refractivity contribution is 6.32. The number of carbonyl (C=O) groups excluding carboxylic acids is 1. The zero-order valence-electron chi connectivity index (χ0n) is 11.4. The summed E-state index contributed by atoms with van der Waals surface area (Å²) >= 11 is 6.04. The molecule has 0 aliphatic carbocycles. The van der Waals surface area contributed by atoms with E-state index in [4.69, 9.17) is 16.3 Å². The molecule has 5 nitrogen and oxygen atoms in total. The maximum absolute atomic E-state index is 11.3. The smallest absolute Gasteiger partial charge is 0.311 e. The van der Waals surface area contributed by atoms with E-state index in [1.165, 1.54) is 31.2 Å². The maximum Gasteiger partial charge on any atom is 0.311 e. The van der Waals surface area contributed by atoms with E-state index in [-0.39, 0.29) is 28.0 Å². The predicted molar refractivity (Wildman–Crippen MR) is 79.4 cm³/mol. The molecule has 0 atom stereocenters. The first-order valence-corrected chi connectivity index (χ1v) is 6.49. The first-order valence-electron chi connectivity index (χ1n) is 6.12. The van der Waals surface area contributed by atoms with Gasteiger partial charge in [-0.15, -0.1) is 0 Å². The summed E-state index contributed by atoms with van der Waals surface area (Å²) in [6.07, 6.45) is 0. The molecule has 0 fully saturated rings. The fourth-order valence-corrected chi connectivity index (χ4v) is 2.00. The number of nitro groups is 1. The molecule has 108 valence electrons. The summed E-state index contributed by atoms with van der Waals surface area (Å²) in [4.78, 5) is 21.8. The lowest BCUT2D eigenvalue weighted by Gasteiger charge is -2.09. The van der Waals surface area contributed by atoms with Crippen LogP contribution in [0.4, 0.5) is 5.69 Å². The summed E-state index contributed by atoms with van der Waals surface area (Å²) in [5, 5.41) is 11.3. The van der Waals surface area contributed by atoms with Crippen LogP contribution in [0.3, 0.4) is 0 Å². The minimum atomic E-state index is -0.514. The van der Waals surface area contributed by atoms with Gasteiger partial charge in [-0.3, -0.25) is 14.9 Å². The molecule has 0 aliphatic rings. The minimum absolute atomic E-state index is 0.100. The molecule has 2 aromatic carbocycles. The van der Waals surface area contributed by atoms with Crippen molar-refractivity contribution in [1.82, 2.24) is 0 Å². The van der Waals surface area contributed by atoms with Crippen LogP contribution in [0.1, 0.15) is 22.8 Å². The molecular weight excluding hydrogens is 294 g/mol. The van der Waals surface area contributed by atoms with E-state index in [0.29, 0.717) is 5.56 Å². The van der Waals surface area contributed by atoms with Gasteiger partial charge in [0, 0.05) is 11.6 Å². The summed E-state index contributed by atoms with van der Waals surface area (Å²) in [5.41, 5.74) is 1.07. The van der Waals surface area contributed by atoms with Gasteiger partial charge in [0.25, 0.3) is 0 Å². The number of ketones is 1. The Bertz CT molecular complexity index is 728. The molecule has 0 radical (unpaired) electrons. The van der Waals surface area contributed by atoms with Crippen LogP contribution in [-0.4, -0.2) is 10.7 Å². The lowest BCUT2D eigenvalue weighted by Crippen LogP contribution is -1.96. The van der Waals surface area contributed by atoms with E-state index in [1.807, 2.05) is 0 Å². The number of ether oxygens (including phenoxy) is 1. The average Bonchev–Trinajstić information content (AvgIpc) is 2.42. The van der Waals surface area contributed by atoms with Gasteiger partial charge < -0.3 is 4.74 Å². The van der Waals surface area contributed by atoms with Crippen molar-refractivity contribution >= 4 is 23.1 Å². The molecule has 2 rings (SSSR count). The summed E-state index contributed by atoms with van der Waals surface area (Å²) in [6, 6.07) is 9.20. The Balaban J connectivity index is 2.39. The molecule has 21 heavy (non-hydrogen) atoms. The maximum atomic E-state index is 11.3. The van der Waals surface area contributed by atoms with Gasteiger partial charge in [0.2, 0.25) is 5.75 Å². The van der Waals surface area contributed by atoms with Gasteiger partial charge >= 0.3 is 5.69 Å². The Morgan fingerprint density at radius 3 is 2.43 bits per heavy atom. The molecule has 2 aromatic rings. The topological polar surface area (TPSA) is 69.4 Å². The Labute approximate surface area is 126 Å². The number of carbonyl (C=O) groups is 1. The van der Waals surface area contributed by atoms with Crippen molar-refractivity contribution in [3.8, 4) is 11.5 Å². The zero-order chi connectivity index (χ0) is 15.6. The number of Topliss-reactive ketones (excluding diaryl/α,β-unsaturated/α-hetero) is 1. The number of halogens is 1. The Morgan fingerprint density at radius 1 is 1.19 bits per heavy atom. The second-order valence-electron chi connectivity index (χ2n) is 4.53. The third-order valence-corrected chi connectivity index (χ3v) is 3.16. The van der Waals surface area contributed by atoms with Crippen molar-refractivity contribution < 1.29 is 14.5 Å². The van der Waals surface area contributed by atoms with Crippen molar-refractivity contribution in [3.63, 3.8) is 0 Å². The van der Waals surface area contributed by atoms with Gasteiger partial charge in [0.1, 0.15) is 5.75 Å². The van der Waals surface area contributed by atoms with E-state index in [0.717, 1.165) is 5.56 Å². The highest BCUT2D eigenvalue weighted by Crippen LogP contribution is 2.35. The van der Waals surface area contributed by atoms with E-state index >= 15 is 0 Å². The van der Waals surface area contributed by atoms with Gasteiger partial charge in [-0.05, 0) is 43.7 Å². The second kappa shape index (κ2) is 5.93. The summed E-state index contributed by atoms with van der Waals surface area (Å²) in [7, 11) is 0. The van der Waals surface area contributed by atoms with Crippen LogP contribution < -0.4 is 4.74 Å². The molecule has 0 aromatic heterocycles. The number of rotatable bonds is 4. The lowest BCUT2D eigenvalue weighted by atomic mass is 10.1. The average molecular weight is 306 g/mol. The molecule has 0 bridgehead atoms. The Hall–Kier alpha value is -2.40. The first-order chi connectivity index (χ1) is 9.88. The number of hydrogen-bond acceptors (Lipinski definition) is 4. The number of nitro benzene ring substituents is 1. The van der Waals surface area contributed by atoms with Crippen molar-refractivity contribution in [2.45, 2.75) is 13.8 Å². The van der Waals surface area contributed by atoms with E-state index < -0.39 is 4.92 Å².